The molecule has 1 fully saturated rings. The van der Waals surface area contributed by atoms with Crippen LogP contribution in [0.3, 0.4) is 0 Å². The van der Waals surface area contributed by atoms with E-state index in [9.17, 15) is 0 Å². The Bertz CT molecular complexity index is 92.9. The van der Waals surface area contributed by atoms with E-state index in [0.717, 1.165) is 19.3 Å². The van der Waals surface area contributed by atoms with Crippen LogP contribution >= 0.6 is 0 Å². The van der Waals surface area contributed by atoms with Crippen LogP contribution in [0.4, 0.5) is 0 Å². The molecule has 54 valence electrons. The Morgan fingerprint density at radius 1 is 1.22 bits per heavy atom. The van der Waals surface area contributed by atoms with E-state index < -0.39 is 0 Å². The molecule has 0 amide bonds. The highest BCUT2D eigenvalue weighted by Crippen LogP contribution is 2.20. The van der Waals surface area contributed by atoms with Gasteiger partial charge in [-0.1, -0.05) is 6.92 Å². The fourth-order valence-corrected chi connectivity index (χ4v) is 1.46. The van der Waals surface area contributed by atoms with Crippen LogP contribution in [0, 0.1) is 5.92 Å². The van der Waals surface area contributed by atoms with Gasteiger partial charge in [-0.3, -0.25) is 0 Å². The van der Waals surface area contributed by atoms with Crippen molar-refractivity contribution in [2.45, 2.75) is 38.3 Å². The summed E-state index contributed by atoms with van der Waals surface area (Å²) in [4.78, 5) is 0. The summed E-state index contributed by atoms with van der Waals surface area (Å²) in [5.41, 5.74) is 11.5. The van der Waals surface area contributed by atoms with Crippen LogP contribution in [0.1, 0.15) is 26.2 Å². The maximum atomic E-state index is 5.78. The standard InChI is InChI=1S/C7H16N2/c1-5-4-6(8)2-3-7(5)9/h5-7H,2-4,8-9H2,1H3/t5-,6+,7+/m1/s1. The average molecular weight is 128 g/mol. The monoisotopic (exact) mass is 128 g/mol. The second kappa shape index (κ2) is 2.67. The number of nitrogens with two attached hydrogens (primary N) is 2. The normalized spacial score (nSPS) is 45.0. The Morgan fingerprint density at radius 3 is 2.33 bits per heavy atom. The zero-order valence-electron chi connectivity index (χ0n) is 6.01. The summed E-state index contributed by atoms with van der Waals surface area (Å²) in [6.07, 6.45) is 3.34. The molecule has 0 heterocycles. The van der Waals surface area contributed by atoms with E-state index in [1.807, 2.05) is 0 Å². The highest BCUT2D eigenvalue weighted by Gasteiger charge is 2.21. The van der Waals surface area contributed by atoms with Crippen molar-refractivity contribution in [3.8, 4) is 0 Å². The summed E-state index contributed by atoms with van der Waals surface area (Å²) in [5, 5.41) is 0. The Morgan fingerprint density at radius 2 is 1.89 bits per heavy atom. The largest absolute Gasteiger partial charge is 0.328 e. The van der Waals surface area contributed by atoms with E-state index in [2.05, 4.69) is 6.92 Å². The lowest BCUT2D eigenvalue weighted by molar-refractivity contribution is 0.299. The molecule has 0 bridgehead atoms. The molecule has 0 aliphatic heterocycles. The van der Waals surface area contributed by atoms with Gasteiger partial charge in [0.2, 0.25) is 0 Å². The summed E-state index contributed by atoms with van der Waals surface area (Å²) >= 11 is 0. The van der Waals surface area contributed by atoms with E-state index in [4.69, 9.17) is 11.5 Å². The first kappa shape index (κ1) is 7.03. The van der Waals surface area contributed by atoms with Crippen LogP contribution in [0.2, 0.25) is 0 Å². The van der Waals surface area contributed by atoms with Crippen molar-refractivity contribution in [2.24, 2.45) is 17.4 Å². The smallest absolute Gasteiger partial charge is 0.00656 e. The third-order valence-corrected chi connectivity index (χ3v) is 2.28. The van der Waals surface area contributed by atoms with Crippen LogP contribution in [0.5, 0.6) is 0 Å². The van der Waals surface area contributed by atoms with Gasteiger partial charge in [-0.2, -0.15) is 0 Å². The maximum absolute atomic E-state index is 5.78. The summed E-state index contributed by atoms with van der Waals surface area (Å²) < 4.78 is 0. The molecule has 3 atom stereocenters. The molecule has 1 rings (SSSR count). The highest BCUT2D eigenvalue weighted by atomic mass is 14.7. The Kier molecular flexibility index (Phi) is 2.09. The van der Waals surface area contributed by atoms with Crippen LogP contribution in [0.15, 0.2) is 0 Å². The minimum absolute atomic E-state index is 0.407. The molecule has 0 saturated heterocycles. The van der Waals surface area contributed by atoms with Gasteiger partial charge >= 0.3 is 0 Å². The predicted molar refractivity (Wildman–Crippen MR) is 39.0 cm³/mol. The van der Waals surface area contributed by atoms with E-state index in [1.54, 1.807) is 0 Å². The molecule has 1 aliphatic rings. The lowest BCUT2D eigenvalue weighted by Gasteiger charge is -2.29. The molecular weight excluding hydrogens is 112 g/mol. The molecule has 2 heteroatoms. The number of rotatable bonds is 0. The summed E-state index contributed by atoms with van der Waals surface area (Å²) in [6.45, 7) is 2.18. The molecule has 2 nitrogen and oxygen atoms in total. The number of hydrogen-bond acceptors (Lipinski definition) is 2. The second-order valence-corrected chi connectivity index (χ2v) is 3.21. The van der Waals surface area contributed by atoms with Crippen LogP contribution < -0.4 is 11.5 Å². The Hall–Kier alpha value is -0.0800. The molecule has 0 aromatic rings. The lowest BCUT2D eigenvalue weighted by atomic mass is 9.84. The van der Waals surface area contributed by atoms with Crippen LogP contribution in [-0.2, 0) is 0 Å². The lowest BCUT2D eigenvalue weighted by Crippen LogP contribution is -2.39. The summed E-state index contributed by atoms with van der Waals surface area (Å²) in [5.74, 6) is 0.633. The van der Waals surface area contributed by atoms with Crippen molar-refractivity contribution < 1.29 is 0 Å². The number of hydrogen-bond donors (Lipinski definition) is 2. The molecule has 1 aliphatic carbocycles. The van der Waals surface area contributed by atoms with Crippen molar-refractivity contribution >= 4 is 0 Å². The van der Waals surface area contributed by atoms with Gasteiger partial charge in [-0.25, -0.2) is 0 Å². The van der Waals surface area contributed by atoms with E-state index in [1.165, 1.54) is 0 Å². The minimum atomic E-state index is 0.407. The fraction of sp³-hybridized carbons (Fsp3) is 1.00. The van der Waals surface area contributed by atoms with Crippen molar-refractivity contribution in [2.75, 3.05) is 0 Å². The van der Waals surface area contributed by atoms with Gasteiger partial charge in [0.15, 0.2) is 0 Å². The first-order valence-electron chi connectivity index (χ1n) is 3.71. The van der Waals surface area contributed by atoms with Gasteiger partial charge in [-0.05, 0) is 25.2 Å². The van der Waals surface area contributed by atoms with Gasteiger partial charge < -0.3 is 11.5 Å². The quantitative estimate of drug-likeness (QED) is 0.498. The van der Waals surface area contributed by atoms with Crippen molar-refractivity contribution in [1.82, 2.24) is 0 Å². The SMILES string of the molecule is C[C@@H]1C[C@@H](N)CC[C@@H]1N. The van der Waals surface area contributed by atoms with E-state index >= 15 is 0 Å². The van der Waals surface area contributed by atoms with Gasteiger partial charge in [0.25, 0.3) is 0 Å². The zero-order valence-corrected chi connectivity index (χ0v) is 6.01. The maximum Gasteiger partial charge on any atom is 0.00656 e. The zero-order chi connectivity index (χ0) is 6.85. The van der Waals surface area contributed by atoms with Gasteiger partial charge in [0, 0.05) is 12.1 Å². The molecule has 0 spiro atoms. The fourth-order valence-electron chi connectivity index (χ4n) is 1.46. The molecule has 0 aromatic heterocycles. The van der Waals surface area contributed by atoms with Crippen LogP contribution in [0.25, 0.3) is 0 Å². The van der Waals surface area contributed by atoms with E-state index in [-0.39, 0.29) is 0 Å². The van der Waals surface area contributed by atoms with Crippen molar-refractivity contribution in [3.63, 3.8) is 0 Å². The Balaban J connectivity index is 2.35. The minimum Gasteiger partial charge on any atom is -0.328 e. The third kappa shape index (κ3) is 1.66. The van der Waals surface area contributed by atoms with Crippen molar-refractivity contribution in [3.05, 3.63) is 0 Å². The summed E-state index contributed by atoms with van der Waals surface area (Å²) in [7, 11) is 0. The van der Waals surface area contributed by atoms with Gasteiger partial charge in [0.1, 0.15) is 0 Å². The van der Waals surface area contributed by atoms with Gasteiger partial charge in [0.05, 0.1) is 0 Å². The van der Waals surface area contributed by atoms with Crippen LogP contribution in [-0.4, -0.2) is 12.1 Å². The molecule has 0 unspecified atom stereocenters. The topological polar surface area (TPSA) is 52.0 Å². The summed E-state index contributed by atoms with van der Waals surface area (Å²) in [6, 6.07) is 0.824. The molecule has 0 radical (unpaired) electrons. The molecule has 0 aromatic carbocycles. The second-order valence-electron chi connectivity index (χ2n) is 3.21. The van der Waals surface area contributed by atoms with E-state index in [0.29, 0.717) is 18.0 Å². The highest BCUT2D eigenvalue weighted by molar-refractivity contribution is 4.81. The molecule has 9 heavy (non-hydrogen) atoms. The first-order valence-corrected chi connectivity index (χ1v) is 3.71. The third-order valence-electron chi connectivity index (χ3n) is 2.28. The van der Waals surface area contributed by atoms with Crippen molar-refractivity contribution in [1.29, 1.82) is 0 Å². The Labute approximate surface area is 56.6 Å². The molecule has 4 N–H and O–H groups in total. The molecule has 1 saturated carbocycles. The average Bonchev–Trinajstić information content (AvgIpc) is 1.80. The molecular formula is C7H16N2. The first-order chi connectivity index (χ1) is 4.20. The predicted octanol–water partition coefficient (Wildman–Crippen LogP) is 0.461. The van der Waals surface area contributed by atoms with Gasteiger partial charge in [-0.15, -0.1) is 0 Å².